The van der Waals surface area contributed by atoms with Gasteiger partial charge >= 0.3 is 0 Å². The summed E-state index contributed by atoms with van der Waals surface area (Å²) in [5.41, 5.74) is 3.32. The molecule has 0 radical (unpaired) electrons. The second-order valence-corrected chi connectivity index (χ2v) is 10.0. The van der Waals surface area contributed by atoms with Crippen LogP contribution < -0.4 is 4.90 Å². The van der Waals surface area contributed by atoms with Gasteiger partial charge in [-0.2, -0.15) is 4.31 Å². The highest BCUT2D eigenvalue weighted by molar-refractivity contribution is 7.89. The van der Waals surface area contributed by atoms with Gasteiger partial charge in [-0.1, -0.05) is 13.8 Å². The van der Waals surface area contributed by atoms with Crippen LogP contribution >= 0.6 is 11.3 Å². The Morgan fingerprint density at radius 3 is 2.74 bits per heavy atom. The Balaban J connectivity index is 1.51. The first-order chi connectivity index (χ1) is 14.9. The number of rotatable bonds is 7. The van der Waals surface area contributed by atoms with Crippen LogP contribution in [0.2, 0.25) is 0 Å². The molecule has 1 aromatic carbocycles. The molecule has 0 atom stereocenters. The number of carbonyl (C=O) groups is 1. The van der Waals surface area contributed by atoms with Crippen molar-refractivity contribution in [3.63, 3.8) is 0 Å². The minimum absolute atomic E-state index is 0.0406. The first kappa shape index (κ1) is 21.6. The number of hydrogen-bond donors (Lipinski definition) is 0. The highest BCUT2D eigenvalue weighted by Crippen LogP contribution is 2.32. The molecule has 0 N–H and O–H groups in total. The monoisotopic (exact) mass is 456 g/mol. The normalized spacial score (nSPS) is 13.6. The number of nitrogens with zero attached hydrogens (tertiary/aromatic N) is 4. The molecule has 2 aromatic heterocycles. The molecule has 0 spiro atoms. The van der Waals surface area contributed by atoms with Gasteiger partial charge in [0.15, 0.2) is 0 Å². The van der Waals surface area contributed by atoms with Crippen molar-refractivity contribution >= 4 is 33.0 Å². The lowest BCUT2D eigenvalue weighted by molar-refractivity contribution is -0.117. The van der Waals surface area contributed by atoms with E-state index in [1.807, 2.05) is 31.4 Å². The number of sulfonamides is 1. The van der Waals surface area contributed by atoms with E-state index in [9.17, 15) is 13.2 Å². The summed E-state index contributed by atoms with van der Waals surface area (Å²) in [6.07, 6.45) is 4.31. The van der Waals surface area contributed by atoms with E-state index in [2.05, 4.69) is 9.97 Å². The van der Waals surface area contributed by atoms with Crippen molar-refractivity contribution in [2.24, 2.45) is 0 Å². The third-order valence-corrected chi connectivity index (χ3v) is 8.37. The van der Waals surface area contributed by atoms with Gasteiger partial charge < -0.3 is 4.90 Å². The van der Waals surface area contributed by atoms with Gasteiger partial charge in [-0.15, -0.1) is 11.3 Å². The number of fused-ring (bicyclic) bond motifs is 1. The van der Waals surface area contributed by atoms with Crippen molar-refractivity contribution in [3.05, 3.63) is 59.4 Å². The molecular formula is C22H24N4O3S2. The van der Waals surface area contributed by atoms with E-state index in [1.54, 1.807) is 35.5 Å². The third-order valence-electron chi connectivity index (χ3n) is 5.38. The van der Waals surface area contributed by atoms with E-state index in [-0.39, 0.29) is 17.2 Å². The van der Waals surface area contributed by atoms with E-state index in [0.717, 1.165) is 27.5 Å². The zero-order valence-corrected chi connectivity index (χ0v) is 19.1. The highest BCUT2D eigenvalue weighted by Gasteiger charge is 2.28. The Bertz CT molecular complexity index is 1190. The van der Waals surface area contributed by atoms with Crippen molar-refractivity contribution in [1.82, 2.24) is 14.3 Å². The minimum Gasteiger partial charge on any atom is -0.311 e. The van der Waals surface area contributed by atoms with Crippen LogP contribution in [-0.2, 0) is 27.7 Å². The number of aromatic nitrogens is 2. The van der Waals surface area contributed by atoms with Gasteiger partial charge in [-0.25, -0.2) is 13.4 Å². The molecule has 9 heteroatoms. The van der Waals surface area contributed by atoms with Crippen LogP contribution in [0.3, 0.4) is 0 Å². The summed E-state index contributed by atoms with van der Waals surface area (Å²) in [7, 11) is -3.52. The van der Waals surface area contributed by atoms with Crippen molar-refractivity contribution in [1.29, 1.82) is 0 Å². The lowest BCUT2D eigenvalue weighted by Crippen LogP contribution is -2.31. The van der Waals surface area contributed by atoms with Crippen LogP contribution in [0.15, 0.2) is 53.0 Å². The third kappa shape index (κ3) is 4.26. The lowest BCUT2D eigenvalue weighted by atomic mass is 10.2. The molecule has 3 heterocycles. The molecule has 31 heavy (non-hydrogen) atoms. The van der Waals surface area contributed by atoms with Crippen LogP contribution in [0.1, 0.15) is 25.1 Å². The highest BCUT2D eigenvalue weighted by atomic mass is 32.2. The fourth-order valence-corrected chi connectivity index (χ4v) is 6.09. The van der Waals surface area contributed by atoms with Gasteiger partial charge in [0, 0.05) is 48.7 Å². The summed E-state index contributed by atoms with van der Waals surface area (Å²) in [5.74, 6) is -0.0406. The SMILES string of the molecule is CCN(CC)S(=O)(=O)c1ccc2c(c1)CCN2C(=O)Cc1csc(-c2cccnc2)n1. The van der Waals surface area contributed by atoms with E-state index >= 15 is 0 Å². The number of carbonyl (C=O) groups excluding carboxylic acids is 1. The standard InChI is InChI=1S/C22H24N4O3S2/c1-3-25(4-2)31(28,29)19-7-8-20-16(12-19)9-11-26(20)21(27)13-18-15-30-22(24-18)17-6-5-10-23-14-17/h5-8,10,12,14-15H,3-4,9,11,13H2,1-2H3. The maximum absolute atomic E-state index is 13.0. The molecule has 1 amide bonds. The van der Waals surface area contributed by atoms with Gasteiger partial charge in [0.25, 0.3) is 0 Å². The van der Waals surface area contributed by atoms with Gasteiger partial charge in [0.1, 0.15) is 5.01 Å². The Hall–Kier alpha value is -2.62. The van der Waals surface area contributed by atoms with Gasteiger partial charge in [0.2, 0.25) is 15.9 Å². The van der Waals surface area contributed by atoms with E-state index < -0.39 is 10.0 Å². The van der Waals surface area contributed by atoms with Gasteiger partial charge in [-0.05, 0) is 42.3 Å². The molecule has 7 nitrogen and oxygen atoms in total. The molecule has 0 aliphatic carbocycles. The number of benzene rings is 1. The Morgan fingerprint density at radius 2 is 2.03 bits per heavy atom. The second-order valence-electron chi connectivity index (χ2n) is 7.24. The lowest BCUT2D eigenvalue weighted by Gasteiger charge is -2.20. The van der Waals surface area contributed by atoms with Crippen LogP contribution in [0.4, 0.5) is 5.69 Å². The zero-order valence-electron chi connectivity index (χ0n) is 17.5. The smallest absolute Gasteiger partial charge is 0.243 e. The molecule has 162 valence electrons. The summed E-state index contributed by atoms with van der Waals surface area (Å²) in [5, 5.41) is 2.74. The average Bonchev–Trinajstić information content (AvgIpc) is 3.41. The molecular weight excluding hydrogens is 432 g/mol. The van der Waals surface area contributed by atoms with Gasteiger partial charge in [0.05, 0.1) is 17.0 Å². The zero-order chi connectivity index (χ0) is 22.0. The predicted octanol–water partition coefficient (Wildman–Crippen LogP) is 3.37. The summed E-state index contributed by atoms with van der Waals surface area (Å²) < 4.78 is 27.0. The first-order valence-corrected chi connectivity index (χ1v) is 12.5. The quantitative estimate of drug-likeness (QED) is 0.544. The summed E-state index contributed by atoms with van der Waals surface area (Å²) in [6.45, 7) is 5.05. The topological polar surface area (TPSA) is 83.5 Å². The molecule has 0 unspecified atom stereocenters. The largest absolute Gasteiger partial charge is 0.311 e. The summed E-state index contributed by atoms with van der Waals surface area (Å²) >= 11 is 1.49. The maximum atomic E-state index is 13.0. The van der Waals surface area contributed by atoms with E-state index in [1.165, 1.54) is 15.6 Å². The van der Waals surface area contributed by atoms with E-state index in [4.69, 9.17) is 0 Å². The number of hydrogen-bond acceptors (Lipinski definition) is 6. The molecule has 3 aromatic rings. The number of anilines is 1. The van der Waals surface area contributed by atoms with Crippen LogP contribution in [0, 0.1) is 0 Å². The van der Waals surface area contributed by atoms with Gasteiger partial charge in [-0.3, -0.25) is 9.78 Å². The van der Waals surface area contributed by atoms with Crippen LogP contribution in [-0.4, -0.2) is 48.2 Å². The Kier molecular flexibility index (Phi) is 6.17. The first-order valence-electron chi connectivity index (χ1n) is 10.2. The molecule has 0 saturated heterocycles. The fraction of sp³-hybridized carbons (Fsp3) is 0.318. The average molecular weight is 457 g/mol. The van der Waals surface area contributed by atoms with Crippen LogP contribution in [0.25, 0.3) is 10.6 Å². The van der Waals surface area contributed by atoms with Crippen molar-refractivity contribution in [2.45, 2.75) is 31.6 Å². The van der Waals surface area contributed by atoms with Crippen molar-refractivity contribution in [3.8, 4) is 10.6 Å². The second kappa shape index (κ2) is 8.86. The molecule has 0 saturated carbocycles. The summed E-state index contributed by atoms with van der Waals surface area (Å²) in [4.78, 5) is 23.7. The number of thiazole rings is 1. The van der Waals surface area contributed by atoms with Crippen molar-refractivity contribution < 1.29 is 13.2 Å². The van der Waals surface area contributed by atoms with E-state index in [0.29, 0.717) is 26.1 Å². The Labute approximate surface area is 186 Å². The number of amides is 1. The molecule has 0 bridgehead atoms. The van der Waals surface area contributed by atoms with Crippen molar-refractivity contribution in [2.75, 3.05) is 24.5 Å². The maximum Gasteiger partial charge on any atom is 0.243 e. The molecule has 1 aliphatic rings. The fourth-order valence-electron chi connectivity index (χ4n) is 3.77. The summed E-state index contributed by atoms with van der Waals surface area (Å²) in [6, 6.07) is 8.86. The Morgan fingerprint density at radius 1 is 1.23 bits per heavy atom. The minimum atomic E-state index is -3.52. The molecule has 4 rings (SSSR count). The molecule has 1 aliphatic heterocycles. The number of pyridine rings is 1. The molecule has 0 fully saturated rings. The predicted molar refractivity (Wildman–Crippen MR) is 122 cm³/mol. The van der Waals surface area contributed by atoms with Crippen LogP contribution in [0.5, 0.6) is 0 Å².